The summed E-state index contributed by atoms with van der Waals surface area (Å²) in [5.74, 6) is 2.89. The van der Waals surface area contributed by atoms with Gasteiger partial charge < -0.3 is 15.3 Å². The molecule has 3 N–H and O–H groups in total. The molecule has 0 aromatic rings. The molecule has 3 fully saturated rings. The Kier molecular flexibility index (Phi) is 5.53. The summed E-state index contributed by atoms with van der Waals surface area (Å²) in [7, 11) is 0. The van der Waals surface area contributed by atoms with Crippen molar-refractivity contribution in [3.63, 3.8) is 0 Å². The Morgan fingerprint density at radius 3 is 2.59 bits per heavy atom. The molecule has 0 aromatic heterocycles. The van der Waals surface area contributed by atoms with Crippen LogP contribution in [0.25, 0.3) is 0 Å². The molecule has 9 atom stereocenters. The third-order valence-electron chi connectivity index (χ3n) is 9.98. The summed E-state index contributed by atoms with van der Waals surface area (Å²) in [5, 5.41) is 31.9. The van der Waals surface area contributed by atoms with E-state index in [1.165, 1.54) is 18.4 Å². The fourth-order valence-corrected chi connectivity index (χ4v) is 8.53. The van der Waals surface area contributed by atoms with Crippen LogP contribution in [0.3, 0.4) is 0 Å². The Hall–Kier alpha value is -0.380. The Bertz CT molecular complexity index is 649. The molecule has 166 valence electrons. The van der Waals surface area contributed by atoms with Crippen LogP contribution < -0.4 is 0 Å². The predicted molar refractivity (Wildman–Crippen MR) is 117 cm³/mol. The van der Waals surface area contributed by atoms with E-state index in [1.54, 1.807) is 0 Å². The molecular formula is C26H44O3. The Morgan fingerprint density at radius 1 is 1.17 bits per heavy atom. The lowest BCUT2D eigenvalue weighted by molar-refractivity contribution is -0.130. The molecule has 0 amide bonds. The average molecular weight is 405 g/mol. The van der Waals surface area contributed by atoms with Gasteiger partial charge in [0.25, 0.3) is 0 Å². The van der Waals surface area contributed by atoms with E-state index in [-0.39, 0.29) is 23.0 Å². The first kappa shape index (κ1) is 21.8. The number of fused-ring (bicyclic) bond motifs is 5. The quantitative estimate of drug-likeness (QED) is 0.572. The number of hydrogen-bond acceptors (Lipinski definition) is 3. The van der Waals surface area contributed by atoms with Gasteiger partial charge in [-0.1, -0.05) is 32.4 Å². The van der Waals surface area contributed by atoms with E-state index < -0.39 is 5.60 Å². The van der Waals surface area contributed by atoms with E-state index in [9.17, 15) is 15.3 Å². The van der Waals surface area contributed by atoms with Crippen LogP contribution in [0.5, 0.6) is 0 Å². The molecule has 0 aliphatic heterocycles. The largest absolute Gasteiger partial charge is 0.393 e. The molecule has 4 rings (SSSR count). The Labute approximate surface area is 178 Å². The van der Waals surface area contributed by atoms with Crippen LogP contribution in [-0.4, -0.2) is 33.1 Å². The number of allylic oxidation sites excluding steroid dienone is 1. The van der Waals surface area contributed by atoms with E-state index in [1.807, 2.05) is 13.8 Å². The van der Waals surface area contributed by atoms with Crippen molar-refractivity contribution in [3.8, 4) is 0 Å². The SMILES string of the molecule is C[C@H](CCC(C)(C)O)[C@H]1CC[C@H]2[C@@H]3CC=C4C[C@@H](O)CC[C@]4(C)[C@H]3[C@@H](O)C[C@]12C. The van der Waals surface area contributed by atoms with Crippen LogP contribution in [0.4, 0.5) is 0 Å². The van der Waals surface area contributed by atoms with Gasteiger partial charge >= 0.3 is 0 Å². The first-order valence-corrected chi connectivity index (χ1v) is 12.2. The fourth-order valence-electron chi connectivity index (χ4n) is 8.53. The molecule has 0 spiro atoms. The van der Waals surface area contributed by atoms with Crippen molar-refractivity contribution in [1.29, 1.82) is 0 Å². The maximum atomic E-state index is 11.5. The van der Waals surface area contributed by atoms with Gasteiger partial charge in [-0.3, -0.25) is 0 Å². The molecule has 0 bridgehead atoms. The van der Waals surface area contributed by atoms with Gasteiger partial charge in [-0.25, -0.2) is 0 Å². The van der Waals surface area contributed by atoms with Crippen LogP contribution in [0, 0.1) is 40.4 Å². The summed E-state index contributed by atoms with van der Waals surface area (Å²) in [6.45, 7) is 11.1. The van der Waals surface area contributed by atoms with Crippen molar-refractivity contribution >= 4 is 0 Å². The summed E-state index contributed by atoms with van der Waals surface area (Å²) < 4.78 is 0. The second-order valence-corrected chi connectivity index (χ2v) is 12.4. The van der Waals surface area contributed by atoms with Gasteiger partial charge in [0, 0.05) is 0 Å². The average Bonchev–Trinajstić information content (AvgIpc) is 2.96. The van der Waals surface area contributed by atoms with E-state index in [2.05, 4.69) is 26.8 Å². The normalized spacial score (nSPS) is 48.3. The Morgan fingerprint density at radius 2 is 1.90 bits per heavy atom. The van der Waals surface area contributed by atoms with Gasteiger partial charge in [0.1, 0.15) is 0 Å². The maximum Gasteiger partial charge on any atom is 0.0591 e. The smallest absolute Gasteiger partial charge is 0.0591 e. The number of aliphatic hydroxyl groups excluding tert-OH is 2. The summed E-state index contributed by atoms with van der Waals surface area (Å²) in [6.07, 6.45) is 11.3. The zero-order chi connectivity index (χ0) is 21.2. The predicted octanol–water partition coefficient (Wildman–Crippen LogP) is 5.08. The molecule has 3 heteroatoms. The summed E-state index contributed by atoms with van der Waals surface area (Å²) in [4.78, 5) is 0. The first-order valence-electron chi connectivity index (χ1n) is 12.2. The van der Waals surface area contributed by atoms with E-state index in [0.29, 0.717) is 29.6 Å². The highest BCUT2D eigenvalue weighted by atomic mass is 16.3. The maximum absolute atomic E-state index is 11.5. The van der Waals surface area contributed by atoms with Crippen LogP contribution in [-0.2, 0) is 0 Å². The minimum atomic E-state index is -0.588. The molecule has 4 aliphatic rings. The molecule has 3 nitrogen and oxygen atoms in total. The van der Waals surface area contributed by atoms with Crippen molar-refractivity contribution < 1.29 is 15.3 Å². The minimum Gasteiger partial charge on any atom is -0.393 e. The Balaban J connectivity index is 1.57. The molecule has 0 radical (unpaired) electrons. The molecule has 4 aliphatic carbocycles. The zero-order valence-electron chi connectivity index (χ0n) is 19.3. The molecule has 0 unspecified atom stereocenters. The van der Waals surface area contributed by atoms with Crippen LogP contribution >= 0.6 is 0 Å². The van der Waals surface area contributed by atoms with Crippen molar-refractivity contribution in [2.24, 2.45) is 40.4 Å². The molecule has 29 heavy (non-hydrogen) atoms. The minimum absolute atomic E-state index is 0.0769. The number of aliphatic hydroxyl groups is 3. The van der Waals surface area contributed by atoms with Gasteiger partial charge in [0.15, 0.2) is 0 Å². The molecule has 0 saturated heterocycles. The fraction of sp³-hybridized carbons (Fsp3) is 0.923. The van der Waals surface area contributed by atoms with Crippen molar-refractivity contribution in [2.75, 3.05) is 0 Å². The highest BCUT2D eigenvalue weighted by Gasteiger charge is 2.62. The van der Waals surface area contributed by atoms with Crippen molar-refractivity contribution in [1.82, 2.24) is 0 Å². The van der Waals surface area contributed by atoms with E-state index in [4.69, 9.17) is 0 Å². The lowest BCUT2D eigenvalue weighted by Gasteiger charge is -2.60. The second kappa shape index (κ2) is 7.35. The molecule has 3 saturated carbocycles. The van der Waals surface area contributed by atoms with Gasteiger partial charge in [0.2, 0.25) is 0 Å². The van der Waals surface area contributed by atoms with Gasteiger partial charge in [0.05, 0.1) is 17.8 Å². The standard InChI is InChI=1S/C26H44O3/c1-16(10-12-24(2,3)29)20-8-9-21-19-7-6-17-14-18(27)11-13-25(17,4)23(19)22(28)15-26(20,21)5/h6,16,18-23,27-29H,7-15H2,1-5H3/t16-,18+,19+,20-,21+,22+,23-,25+,26-/m1/s1. The van der Waals surface area contributed by atoms with E-state index >= 15 is 0 Å². The van der Waals surface area contributed by atoms with Gasteiger partial charge in [-0.2, -0.15) is 0 Å². The zero-order valence-corrected chi connectivity index (χ0v) is 19.3. The molecule has 0 heterocycles. The molecule has 0 aromatic carbocycles. The third-order valence-corrected chi connectivity index (χ3v) is 9.98. The lowest BCUT2D eigenvalue weighted by atomic mass is 9.46. The van der Waals surface area contributed by atoms with E-state index in [0.717, 1.165) is 44.9 Å². The summed E-state index contributed by atoms with van der Waals surface area (Å²) >= 11 is 0. The monoisotopic (exact) mass is 404 g/mol. The lowest BCUT2D eigenvalue weighted by Crippen LogP contribution is -2.56. The number of hydrogen-bond donors (Lipinski definition) is 3. The van der Waals surface area contributed by atoms with Crippen molar-refractivity contribution in [2.45, 2.75) is 110 Å². The highest BCUT2D eigenvalue weighted by Crippen LogP contribution is 2.67. The van der Waals surface area contributed by atoms with Crippen LogP contribution in [0.2, 0.25) is 0 Å². The van der Waals surface area contributed by atoms with Crippen LogP contribution in [0.15, 0.2) is 11.6 Å². The first-order chi connectivity index (χ1) is 13.5. The van der Waals surface area contributed by atoms with Crippen LogP contribution in [0.1, 0.15) is 92.4 Å². The van der Waals surface area contributed by atoms with Crippen molar-refractivity contribution in [3.05, 3.63) is 11.6 Å². The topological polar surface area (TPSA) is 60.7 Å². The van der Waals surface area contributed by atoms with Gasteiger partial charge in [-0.15, -0.1) is 0 Å². The summed E-state index contributed by atoms with van der Waals surface area (Å²) in [5.41, 5.74) is 1.13. The highest BCUT2D eigenvalue weighted by molar-refractivity contribution is 5.26. The second-order valence-electron chi connectivity index (χ2n) is 12.4. The van der Waals surface area contributed by atoms with Gasteiger partial charge in [-0.05, 0) is 112 Å². The third kappa shape index (κ3) is 3.64. The molecular weight excluding hydrogens is 360 g/mol. The number of rotatable bonds is 4. The summed E-state index contributed by atoms with van der Waals surface area (Å²) in [6, 6.07) is 0.